The number of hydrogen-bond donors (Lipinski definition) is 1. The molecule has 0 saturated heterocycles. The molecule has 2 rings (SSSR count). The Morgan fingerprint density at radius 2 is 1.94 bits per heavy atom. The highest BCUT2D eigenvalue weighted by Crippen LogP contribution is 2.13. The number of benzene rings is 1. The van der Waals surface area contributed by atoms with Crippen molar-refractivity contribution in [2.75, 3.05) is 7.05 Å². The summed E-state index contributed by atoms with van der Waals surface area (Å²) in [7, 11) is 1.86. The van der Waals surface area contributed by atoms with Crippen LogP contribution in [0.1, 0.15) is 25.7 Å². The molecule has 0 aliphatic heterocycles. The zero-order chi connectivity index (χ0) is 11.8. The molecule has 1 aliphatic rings. The summed E-state index contributed by atoms with van der Waals surface area (Å²) in [6, 6.07) is 8.10. The van der Waals surface area contributed by atoms with E-state index in [0.717, 1.165) is 19.3 Å². The Morgan fingerprint density at radius 1 is 1.25 bits per heavy atom. The van der Waals surface area contributed by atoms with Crippen LogP contribution in [0.3, 0.4) is 0 Å². The van der Waals surface area contributed by atoms with E-state index in [1.165, 1.54) is 18.6 Å². The van der Waals surface area contributed by atoms with E-state index in [0.29, 0.717) is 5.78 Å². The maximum absolute atomic E-state index is 11.9. The van der Waals surface area contributed by atoms with Crippen molar-refractivity contribution in [3.63, 3.8) is 0 Å². The quantitative estimate of drug-likeness (QED) is 0.792. The van der Waals surface area contributed by atoms with Gasteiger partial charge in [0.2, 0.25) is 0 Å². The van der Waals surface area contributed by atoms with Crippen LogP contribution in [0.4, 0.5) is 4.39 Å². The van der Waals surface area contributed by atoms with Crippen molar-refractivity contribution in [3.05, 3.63) is 36.1 Å². The summed E-state index contributed by atoms with van der Waals surface area (Å²) in [5.74, 6) is 0.214. The Morgan fingerprint density at radius 3 is 2.31 bits per heavy atom. The summed E-state index contributed by atoms with van der Waals surface area (Å²) in [5, 5.41) is 3.00. The molecule has 16 heavy (non-hydrogen) atoms. The van der Waals surface area contributed by atoms with E-state index in [2.05, 4.69) is 5.32 Å². The van der Waals surface area contributed by atoms with Crippen LogP contribution in [-0.4, -0.2) is 18.9 Å². The molecule has 0 bridgehead atoms. The maximum atomic E-state index is 11.9. The minimum absolute atomic E-state index is 0.166. The molecule has 0 radical (unpaired) electrons. The van der Waals surface area contributed by atoms with Crippen molar-refractivity contribution < 1.29 is 9.18 Å². The van der Waals surface area contributed by atoms with Crippen LogP contribution in [-0.2, 0) is 4.79 Å². The summed E-state index contributed by atoms with van der Waals surface area (Å²) in [6.07, 6.45) is 4.12. The van der Waals surface area contributed by atoms with Crippen LogP contribution in [0, 0.1) is 5.82 Å². The Bertz CT molecular complexity index is 313. The summed E-state index contributed by atoms with van der Waals surface area (Å²) in [4.78, 5) is 11.0. The van der Waals surface area contributed by atoms with E-state index in [9.17, 15) is 9.18 Å². The number of Topliss-reactive ketones (excluding diaryl/α,β-unsaturated/α-hetero) is 1. The molecule has 1 aromatic carbocycles. The summed E-state index contributed by atoms with van der Waals surface area (Å²) in [5.41, 5.74) is 0. The van der Waals surface area contributed by atoms with Gasteiger partial charge in [-0.05, 0) is 32.0 Å². The Labute approximate surface area is 95.9 Å². The molecule has 0 spiro atoms. The third-order valence-electron chi connectivity index (χ3n) is 2.64. The Hall–Kier alpha value is -1.22. The van der Waals surface area contributed by atoms with E-state index in [4.69, 9.17) is 0 Å². The molecule has 1 saturated carbocycles. The third-order valence-corrected chi connectivity index (χ3v) is 2.64. The minimum Gasteiger partial charge on any atom is -0.311 e. The number of rotatable bonds is 1. The number of carbonyl (C=O) groups is 1. The first-order valence-corrected chi connectivity index (χ1v) is 5.64. The van der Waals surface area contributed by atoms with Gasteiger partial charge in [0.1, 0.15) is 11.6 Å². The molecule has 2 nitrogen and oxygen atoms in total. The van der Waals surface area contributed by atoms with E-state index >= 15 is 0 Å². The number of halogens is 1. The van der Waals surface area contributed by atoms with Gasteiger partial charge in [0.05, 0.1) is 6.04 Å². The summed E-state index contributed by atoms with van der Waals surface area (Å²) < 4.78 is 11.9. The van der Waals surface area contributed by atoms with Gasteiger partial charge in [-0.1, -0.05) is 24.6 Å². The first kappa shape index (κ1) is 12.8. The molecule has 1 N–H and O–H groups in total. The fraction of sp³-hybridized carbons (Fsp3) is 0.462. The molecule has 1 unspecified atom stereocenters. The Balaban J connectivity index is 0.000000165. The smallest absolute Gasteiger partial charge is 0.149 e. The first-order valence-electron chi connectivity index (χ1n) is 5.64. The van der Waals surface area contributed by atoms with Crippen LogP contribution in [0.5, 0.6) is 0 Å². The lowest BCUT2D eigenvalue weighted by molar-refractivity contribution is -0.122. The van der Waals surface area contributed by atoms with Crippen LogP contribution in [0.25, 0.3) is 0 Å². The molecule has 1 aromatic rings. The first-order chi connectivity index (χ1) is 7.74. The molecule has 0 heterocycles. The van der Waals surface area contributed by atoms with Crippen molar-refractivity contribution in [1.29, 1.82) is 0 Å². The average molecular weight is 223 g/mol. The van der Waals surface area contributed by atoms with Gasteiger partial charge < -0.3 is 5.32 Å². The molecule has 1 fully saturated rings. The van der Waals surface area contributed by atoms with Gasteiger partial charge in [0.15, 0.2) is 0 Å². The van der Waals surface area contributed by atoms with E-state index in [1.54, 1.807) is 18.2 Å². The van der Waals surface area contributed by atoms with E-state index in [1.807, 2.05) is 7.05 Å². The predicted molar refractivity (Wildman–Crippen MR) is 62.7 cm³/mol. The molecule has 88 valence electrons. The monoisotopic (exact) mass is 223 g/mol. The largest absolute Gasteiger partial charge is 0.311 e. The number of carbonyl (C=O) groups excluding carboxylic acids is 1. The second kappa shape index (κ2) is 7.12. The molecule has 0 amide bonds. The minimum atomic E-state index is -0.178. The summed E-state index contributed by atoms with van der Waals surface area (Å²) in [6.45, 7) is 0. The predicted octanol–water partition coefficient (Wildman–Crippen LogP) is 2.54. The molecule has 1 aliphatic carbocycles. The van der Waals surface area contributed by atoms with Crippen molar-refractivity contribution in [2.24, 2.45) is 0 Å². The highest BCUT2D eigenvalue weighted by molar-refractivity contribution is 5.84. The van der Waals surface area contributed by atoms with Crippen molar-refractivity contribution in [3.8, 4) is 0 Å². The fourth-order valence-corrected chi connectivity index (χ4v) is 1.70. The van der Waals surface area contributed by atoms with Gasteiger partial charge >= 0.3 is 0 Å². The van der Waals surface area contributed by atoms with Gasteiger partial charge in [-0.15, -0.1) is 0 Å². The van der Waals surface area contributed by atoms with Gasteiger partial charge in [0, 0.05) is 6.42 Å². The normalized spacial score (nSPS) is 19.9. The van der Waals surface area contributed by atoms with Crippen LogP contribution >= 0.6 is 0 Å². The highest BCUT2D eigenvalue weighted by Gasteiger charge is 2.19. The van der Waals surface area contributed by atoms with Crippen LogP contribution in [0.2, 0.25) is 0 Å². The zero-order valence-electron chi connectivity index (χ0n) is 9.58. The highest BCUT2D eigenvalue weighted by atomic mass is 19.1. The van der Waals surface area contributed by atoms with E-state index in [-0.39, 0.29) is 11.9 Å². The van der Waals surface area contributed by atoms with Gasteiger partial charge in [-0.2, -0.15) is 0 Å². The van der Waals surface area contributed by atoms with Gasteiger partial charge in [0.25, 0.3) is 0 Å². The number of hydrogen-bond acceptors (Lipinski definition) is 2. The molecule has 3 heteroatoms. The number of ketones is 1. The molecular formula is C13H18FNO. The molecule has 0 aromatic heterocycles. The fourth-order valence-electron chi connectivity index (χ4n) is 1.70. The van der Waals surface area contributed by atoms with Crippen molar-refractivity contribution in [2.45, 2.75) is 31.7 Å². The summed E-state index contributed by atoms with van der Waals surface area (Å²) >= 11 is 0. The topological polar surface area (TPSA) is 29.1 Å². The Kier molecular flexibility index (Phi) is 5.72. The SMILES string of the molecule is CNC1CCCCC1=O.Fc1ccccc1. The van der Waals surface area contributed by atoms with Crippen LogP contribution < -0.4 is 5.32 Å². The zero-order valence-corrected chi connectivity index (χ0v) is 9.58. The lowest BCUT2D eigenvalue weighted by Crippen LogP contribution is -2.36. The second-order valence-electron chi connectivity index (χ2n) is 3.85. The molecular weight excluding hydrogens is 205 g/mol. The second-order valence-corrected chi connectivity index (χ2v) is 3.85. The van der Waals surface area contributed by atoms with Crippen LogP contribution in [0.15, 0.2) is 30.3 Å². The number of nitrogens with one attached hydrogen (secondary N) is 1. The van der Waals surface area contributed by atoms with Crippen molar-refractivity contribution in [1.82, 2.24) is 5.32 Å². The van der Waals surface area contributed by atoms with Gasteiger partial charge in [-0.25, -0.2) is 4.39 Å². The molecule has 1 atom stereocenters. The third kappa shape index (κ3) is 4.53. The number of likely N-dealkylation sites (N-methyl/N-ethyl adjacent to an activating group) is 1. The van der Waals surface area contributed by atoms with E-state index < -0.39 is 0 Å². The standard InChI is InChI=1S/C7H13NO.C6H5F/c1-8-6-4-2-3-5-7(6)9;7-6-4-2-1-3-5-6/h6,8H,2-5H2,1H3;1-5H. The van der Waals surface area contributed by atoms with Gasteiger partial charge in [-0.3, -0.25) is 4.79 Å². The van der Waals surface area contributed by atoms with Crippen molar-refractivity contribution >= 4 is 5.78 Å². The average Bonchev–Trinajstić information content (AvgIpc) is 2.31. The lowest BCUT2D eigenvalue weighted by Gasteiger charge is -2.18. The lowest BCUT2D eigenvalue weighted by atomic mass is 9.94. The maximum Gasteiger partial charge on any atom is 0.149 e.